The molecule has 0 aliphatic heterocycles. The average Bonchev–Trinajstić information content (AvgIpc) is 2.44. The zero-order chi connectivity index (χ0) is 15.9. The minimum absolute atomic E-state index is 0. The van der Waals surface area contributed by atoms with Crippen molar-refractivity contribution >= 4 is 29.9 Å². The van der Waals surface area contributed by atoms with E-state index in [1.165, 1.54) is 0 Å². The van der Waals surface area contributed by atoms with Crippen molar-refractivity contribution in [3.8, 4) is 5.75 Å². The highest BCUT2D eigenvalue weighted by Gasteiger charge is 2.27. The maximum absolute atomic E-state index is 12.1. The summed E-state index contributed by atoms with van der Waals surface area (Å²) in [6.07, 6.45) is 2.15. The van der Waals surface area contributed by atoms with Gasteiger partial charge in [-0.3, -0.25) is 4.79 Å². The number of nitrogens with one attached hydrogen (secondary N) is 1. The maximum Gasteiger partial charge on any atom is 0.239 e. The monoisotopic (exact) mass is 348 g/mol. The Labute approximate surface area is 144 Å². The summed E-state index contributed by atoms with van der Waals surface area (Å²) in [5, 5.41) is 3.43. The van der Waals surface area contributed by atoms with E-state index in [-0.39, 0.29) is 24.4 Å². The van der Waals surface area contributed by atoms with E-state index in [0.29, 0.717) is 23.7 Å². The van der Waals surface area contributed by atoms with Crippen LogP contribution in [-0.4, -0.2) is 24.1 Å². The fourth-order valence-electron chi connectivity index (χ4n) is 2.03. The van der Waals surface area contributed by atoms with Crippen LogP contribution in [0.15, 0.2) is 24.3 Å². The Morgan fingerprint density at radius 3 is 2.59 bits per heavy atom. The zero-order valence-corrected chi connectivity index (χ0v) is 15.0. The Morgan fingerprint density at radius 1 is 1.41 bits per heavy atom. The molecule has 0 fully saturated rings. The van der Waals surface area contributed by atoms with Crippen LogP contribution in [0.1, 0.15) is 40.0 Å². The third kappa shape index (κ3) is 6.42. The first-order valence-electron chi connectivity index (χ1n) is 7.39. The van der Waals surface area contributed by atoms with Gasteiger partial charge in [0.1, 0.15) is 11.9 Å². The molecule has 4 nitrogen and oxygen atoms in total. The number of halogens is 2. The first-order chi connectivity index (χ1) is 9.90. The number of amides is 1. The van der Waals surface area contributed by atoms with E-state index in [2.05, 4.69) is 5.32 Å². The minimum atomic E-state index is -0.836. The molecule has 6 heteroatoms. The maximum atomic E-state index is 12.1. The third-order valence-corrected chi connectivity index (χ3v) is 3.68. The van der Waals surface area contributed by atoms with Crippen LogP contribution in [0, 0.1) is 0 Å². The lowest BCUT2D eigenvalue weighted by molar-refractivity contribution is -0.126. The fraction of sp³-hybridized carbons (Fsp3) is 0.562. The van der Waals surface area contributed by atoms with E-state index >= 15 is 0 Å². The van der Waals surface area contributed by atoms with Crippen LogP contribution in [-0.2, 0) is 4.79 Å². The van der Waals surface area contributed by atoms with Gasteiger partial charge in [0.05, 0.1) is 17.1 Å². The summed E-state index contributed by atoms with van der Waals surface area (Å²) in [6, 6.07) is 7.31. The lowest BCUT2D eigenvalue weighted by atomic mass is 9.96. The Hall–Kier alpha value is -0.970. The molecular weight excluding hydrogens is 323 g/mol. The molecule has 0 saturated carbocycles. The highest BCUT2D eigenvalue weighted by molar-refractivity contribution is 6.32. The molecule has 22 heavy (non-hydrogen) atoms. The number of rotatable bonds is 8. The highest BCUT2D eigenvalue weighted by atomic mass is 35.5. The largest absolute Gasteiger partial charge is 0.487 e. The SMILES string of the molecule is CCCC(C)(N)C(=O)NCC(CC)Oc1ccccc1Cl.Cl. The predicted octanol–water partition coefficient (Wildman–Crippen LogP) is 3.55. The molecule has 0 radical (unpaired) electrons. The Balaban J connectivity index is 0.00000441. The molecule has 0 bridgehead atoms. The fourth-order valence-corrected chi connectivity index (χ4v) is 2.21. The van der Waals surface area contributed by atoms with Gasteiger partial charge < -0.3 is 15.8 Å². The van der Waals surface area contributed by atoms with Gasteiger partial charge in [0.2, 0.25) is 5.91 Å². The van der Waals surface area contributed by atoms with E-state index in [9.17, 15) is 4.79 Å². The molecule has 0 heterocycles. The second kappa shape index (κ2) is 9.93. The van der Waals surface area contributed by atoms with E-state index in [1.807, 2.05) is 32.0 Å². The molecule has 1 rings (SSSR count). The number of carbonyl (C=O) groups is 1. The summed E-state index contributed by atoms with van der Waals surface area (Å²) in [7, 11) is 0. The molecule has 1 aromatic rings. The second-order valence-electron chi connectivity index (χ2n) is 5.46. The van der Waals surface area contributed by atoms with Crippen LogP contribution in [0.2, 0.25) is 5.02 Å². The van der Waals surface area contributed by atoms with E-state index in [1.54, 1.807) is 13.0 Å². The van der Waals surface area contributed by atoms with Gasteiger partial charge in [-0.15, -0.1) is 12.4 Å². The normalized spacial score (nSPS) is 14.4. The number of carbonyl (C=O) groups excluding carboxylic acids is 1. The molecule has 126 valence electrons. The first kappa shape index (κ1) is 21.0. The zero-order valence-electron chi connectivity index (χ0n) is 13.4. The van der Waals surface area contributed by atoms with Gasteiger partial charge in [0.15, 0.2) is 0 Å². The van der Waals surface area contributed by atoms with Crippen LogP contribution in [0.5, 0.6) is 5.75 Å². The Bertz CT molecular complexity index is 467. The second-order valence-corrected chi connectivity index (χ2v) is 5.86. The summed E-state index contributed by atoms with van der Waals surface area (Å²) >= 11 is 6.07. The lowest BCUT2D eigenvalue weighted by Crippen LogP contribution is -2.53. The number of ether oxygens (including phenoxy) is 1. The van der Waals surface area contributed by atoms with Crippen LogP contribution >= 0.6 is 24.0 Å². The lowest BCUT2D eigenvalue weighted by Gasteiger charge is -2.25. The van der Waals surface area contributed by atoms with Gasteiger partial charge >= 0.3 is 0 Å². The van der Waals surface area contributed by atoms with Crippen molar-refractivity contribution in [2.45, 2.75) is 51.7 Å². The first-order valence-corrected chi connectivity index (χ1v) is 7.76. The van der Waals surface area contributed by atoms with Gasteiger partial charge in [-0.05, 0) is 31.9 Å². The molecule has 0 saturated heterocycles. The molecule has 2 unspecified atom stereocenters. The smallest absolute Gasteiger partial charge is 0.239 e. The minimum Gasteiger partial charge on any atom is -0.487 e. The summed E-state index contributed by atoms with van der Waals surface area (Å²) in [5.74, 6) is 0.481. The van der Waals surface area contributed by atoms with Crippen molar-refractivity contribution < 1.29 is 9.53 Å². The van der Waals surface area contributed by atoms with Gasteiger partial charge in [-0.2, -0.15) is 0 Å². The van der Waals surface area contributed by atoms with Gasteiger partial charge in [0.25, 0.3) is 0 Å². The Kier molecular flexibility index (Phi) is 9.49. The number of nitrogens with two attached hydrogens (primary N) is 1. The summed E-state index contributed by atoms with van der Waals surface area (Å²) in [5.41, 5.74) is 5.17. The van der Waals surface area contributed by atoms with Crippen molar-refractivity contribution in [1.29, 1.82) is 0 Å². The topological polar surface area (TPSA) is 64.4 Å². The number of hydrogen-bond donors (Lipinski definition) is 2. The third-order valence-electron chi connectivity index (χ3n) is 3.36. The predicted molar refractivity (Wildman–Crippen MR) is 93.9 cm³/mol. The summed E-state index contributed by atoms with van der Waals surface area (Å²) < 4.78 is 5.83. The molecule has 1 amide bonds. The molecule has 1 aromatic carbocycles. The van der Waals surface area contributed by atoms with Crippen molar-refractivity contribution in [1.82, 2.24) is 5.32 Å². The van der Waals surface area contributed by atoms with E-state index in [0.717, 1.165) is 12.8 Å². The van der Waals surface area contributed by atoms with Crippen molar-refractivity contribution in [3.05, 3.63) is 29.3 Å². The van der Waals surface area contributed by atoms with Crippen molar-refractivity contribution in [3.63, 3.8) is 0 Å². The summed E-state index contributed by atoms with van der Waals surface area (Å²) in [6.45, 7) is 6.17. The van der Waals surface area contributed by atoms with Crippen LogP contribution in [0.4, 0.5) is 0 Å². The quantitative estimate of drug-likeness (QED) is 0.754. The van der Waals surface area contributed by atoms with E-state index in [4.69, 9.17) is 22.1 Å². The molecule has 0 spiro atoms. The van der Waals surface area contributed by atoms with Gasteiger partial charge in [0, 0.05) is 0 Å². The molecular formula is C16H26Cl2N2O2. The van der Waals surface area contributed by atoms with Crippen LogP contribution in [0.25, 0.3) is 0 Å². The number of benzene rings is 1. The number of para-hydroxylation sites is 1. The molecule has 2 atom stereocenters. The summed E-state index contributed by atoms with van der Waals surface area (Å²) in [4.78, 5) is 12.1. The molecule has 0 aliphatic rings. The van der Waals surface area contributed by atoms with Crippen molar-refractivity contribution in [2.24, 2.45) is 5.73 Å². The molecule has 3 N–H and O–H groups in total. The van der Waals surface area contributed by atoms with Crippen molar-refractivity contribution in [2.75, 3.05) is 6.54 Å². The standard InChI is InChI=1S/C16H25ClN2O2.ClH/c1-4-10-16(3,18)15(20)19-11-12(5-2)21-14-9-7-6-8-13(14)17;/h6-9,12H,4-5,10-11,18H2,1-3H3,(H,19,20);1H. The Morgan fingerprint density at radius 2 is 2.05 bits per heavy atom. The van der Waals surface area contributed by atoms with E-state index < -0.39 is 5.54 Å². The van der Waals surface area contributed by atoms with Crippen LogP contribution in [0.3, 0.4) is 0 Å². The number of hydrogen-bond acceptors (Lipinski definition) is 3. The van der Waals surface area contributed by atoms with Crippen LogP contribution < -0.4 is 15.8 Å². The molecule has 0 aliphatic carbocycles. The molecule has 0 aromatic heterocycles. The van der Waals surface area contributed by atoms with Gasteiger partial charge in [-0.1, -0.05) is 44.0 Å². The highest BCUT2D eigenvalue weighted by Crippen LogP contribution is 2.24. The van der Waals surface area contributed by atoms with Gasteiger partial charge in [-0.25, -0.2) is 0 Å². The average molecular weight is 349 g/mol.